The highest BCUT2D eigenvalue weighted by Gasteiger charge is 2.32. The first-order valence-electron chi connectivity index (χ1n) is 11.8. The summed E-state index contributed by atoms with van der Waals surface area (Å²) in [6.45, 7) is 0. The first kappa shape index (κ1) is 27.5. The van der Waals surface area contributed by atoms with Crippen LogP contribution in [0.25, 0.3) is 11.1 Å². The largest absolute Gasteiger partial charge is 0.497 e. The molecule has 2 N–H and O–H groups in total. The van der Waals surface area contributed by atoms with Crippen LogP contribution in [0.3, 0.4) is 0 Å². The van der Waals surface area contributed by atoms with Crippen molar-refractivity contribution < 1.29 is 23.7 Å². The average molecular weight is 602 g/mol. The number of nitrogens with one attached hydrogen (secondary N) is 2. The second kappa shape index (κ2) is 11.9. The molecule has 0 spiro atoms. The summed E-state index contributed by atoms with van der Waals surface area (Å²) >= 11 is 9.40. The molecule has 0 saturated carbocycles. The zero-order chi connectivity index (χ0) is 27.4. The van der Waals surface area contributed by atoms with Crippen molar-refractivity contribution in [3.8, 4) is 39.9 Å². The maximum atomic E-state index is 13.1. The second-order valence-corrected chi connectivity index (χ2v) is 9.67. The molecule has 0 radical (unpaired) electrons. The third-order valence-electron chi connectivity index (χ3n) is 6.46. The predicted octanol–water partition coefficient (Wildman–Crippen LogP) is 5.49. The molecule has 1 aliphatic rings. The molecule has 0 unspecified atom stereocenters. The third kappa shape index (κ3) is 5.23. The van der Waals surface area contributed by atoms with E-state index in [1.54, 1.807) is 40.6 Å². The van der Waals surface area contributed by atoms with Gasteiger partial charge < -0.3 is 34.3 Å². The summed E-state index contributed by atoms with van der Waals surface area (Å²) in [4.78, 5) is 13.1. The van der Waals surface area contributed by atoms with Gasteiger partial charge in [0.1, 0.15) is 5.75 Å². The minimum atomic E-state index is -0.297. The van der Waals surface area contributed by atoms with E-state index in [1.165, 1.54) is 7.11 Å². The smallest absolute Gasteiger partial charge is 0.220 e. The Bertz CT molecular complexity index is 1410. The minimum Gasteiger partial charge on any atom is -0.497 e. The number of benzene rings is 2. The van der Waals surface area contributed by atoms with Gasteiger partial charge in [-0.05, 0) is 94.1 Å². The lowest BCUT2D eigenvalue weighted by atomic mass is 9.95. The van der Waals surface area contributed by atoms with Gasteiger partial charge in [0.2, 0.25) is 11.2 Å². The standard InChI is InChI=1S/C28H29BrN2O6S/c1-33-16-8-6-15(7-9-16)30-28(38)31-20-12-10-18-23(17-11-13-22(34-2)21(32)14-19(17)20)25(35-3)27(37-5)26(36-4)24(18)29/h6-9,11,13-14,20H,10,12H2,1-5H3,(H2,30,31,38)/t20-/m0/s1. The molecule has 0 bridgehead atoms. The number of halogens is 1. The van der Waals surface area contributed by atoms with Crippen LogP contribution in [0.5, 0.6) is 28.7 Å². The Morgan fingerprint density at radius 3 is 2.18 bits per heavy atom. The highest BCUT2D eigenvalue weighted by molar-refractivity contribution is 9.10. The van der Waals surface area contributed by atoms with E-state index in [-0.39, 0.29) is 17.2 Å². The van der Waals surface area contributed by atoms with Crippen LogP contribution in [0.1, 0.15) is 23.6 Å². The van der Waals surface area contributed by atoms with Gasteiger partial charge in [-0.25, -0.2) is 0 Å². The van der Waals surface area contributed by atoms with Crippen molar-refractivity contribution in [1.82, 2.24) is 5.32 Å². The fourth-order valence-corrected chi connectivity index (χ4v) is 5.69. The average Bonchev–Trinajstić information content (AvgIpc) is 3.17. The summed E-state index contributed by atoms with van der Waals surface area (Å²) in [5.74, 6) is 2.49. The molecule has 3 aromatic carbocycles. The Morgan fingerprint density at radius 2 is 1.58 bits per heavy atom. The van der Waals surface area contributed by atoms with Crippen molar-refractivity contribution in [3.63, 3.8) is 0 Å². The normalized spacial score (nSPS) is 13.8. The molecule has 8 nitrogen and oxygen atoms in total. The Balaban J connectivity index is 1.85. The molecule has 4 rings (SSSR count). The predicted molar refractivity (Wildman–Crippen MR) is 155 cm³/mol. The number of thiocarbonyl (C=S) groups is 1. The van der Waals surface area contributed by atoms with E-state index in [0.717, 1.165) is 38.2 Å². The van der Waals surface area contributed by atoms with Gasteiger partial charge in [-0.15, -0.1) is 0 Å². The molecule has 0 fully saturated rings. The quantitative estimate of drug-likeness (QED) is 0.342. The molecule has 3 aromatic rings. The monoisotopic (exact) mass is 600 g/mol. The Morgan fingerprint density at radius 1 is 0.895 bits per heavy atom. The van der Waals surface area contributed by atoms with Crippen molar-refractivity contribution >= 4 is 38.9 Å². The molecule has 0 saturated heterocycles. The van der Waals surface area contributed by atoms with Crippen LogP contribution >= 0.6 is 28.1 Å². The first-order valence-corrected chi connectivity index (χ1v) is 13.0. The highest BCUT2D eigenvalue weighted by Crippen LogP contribution is 2.54. The minimum absolute atomic E-state index is 0.232. The summed E-state index contributed by atoms with van der Waals surface area (Å²) in [6, 6.07) is 12.3. The van der Waals surface area contributed by atoms with Gasteiger partial charge in [-0.2, -0.15) is 0 Å². The van der Waals surface area contributed by atoms with E-state index in [2.05, 4.69) is 26.6 Å². The summed E-state index contributed by atoms with van der Waals surface area (Å²) < 4.78 is 28.6. The van der Waals surface area contributed by atoms with Crippen LogP contribution < -0.4 is 39.7 Å². The maximum absolute atomic E-state index is 13.1. The molecule has 200 valence electrons. The van der Waals surface area contributed by atoms with E-state index < -0.39 is 0 Å². The van der Waals surface area contributed by atoms with E-state index in [9.17, 15) is 4.79 Å². The van der Waals surface area contributed by atoms with Crippen molar-refractivity contribution in [2.24, 2.45) is 0 Å². The van der Waals surface area contributed by atoms with E-state index in [4.69, 9.17) is 35.9 Å². The summed E-state index contributed by atoms with van der Waals surface area (Å²) in [5, 5.41) is 7.05. The van der Waals surface area contributed by atoms with Gasteiger partial charge in [-0.3, -0.25) is 4.79 Å². The number of rotatable bonds is 7. The van der Waals surface area contributed by atoms with Gasteiger partial charge in [0.15, 0.2) is 22.4 Å². The molecule has 10 heteroatoms. The number of hydrogen-bond acceptors (Lipinski definition) is 7. The zero-order valence-corrected chi connectivity index (χ0v) is 24.2. The number of hydrogen-bond donors (Lipinski definition) is 2. The van der Waals surface area contributed by atoms with Crippen LogP contribution in [-0.2, 0) is 6.42 Å². The van der Waals surface area contributed by atoms with Crippen molar-refractivity contribution in [2.75, 3.05) is 40.9 Å². The van der Waals surface area contributed by atoms with Crippen LogP contribution in [0, 0.1) is 0 Å². The van der Waals surface area contributed by atoms with Gasteiger partial charge in [-0.1, -0.05) is 6.07 Å². The maximum Gasteiger partial charge on any atom is 0.220 e. The van der Waals surface area contributed by atoms with Crippen LogP contribution in [0.2, 0.25) is 0 Å². The summed E-state index contributed by atoms with van der Waals surface area (Å²) in [5.41, 5.74) is 3.90. The molecule has 0 aromatic heterocycles. The van der Waals surface area contributed by atoms with Crippen molar-refractivity contribution in [3.05, 3.63) is 68.3 Å². The number of ether oxygens (including phenoxy) is 5. The lowest BCUT2D eigenvalue weighted by molar-refractivity contribution is 0.323. The van der Waals surface area contributed by atoms with E-state index in [1.807, 2.05) is 30.3 Å². The first-order chi connectivity index (χ1) is 18.4. The van der Waals surface area contributed by atoms with E-state index in [0.29, 0.717) is 35.2 Å². The number of fused-ring (bicyclic) bond motifs is 3. The Labute approximate surface area is 235 Å². The Hall–Kier alpha value is -3.50. The fourth-order valence-electron chi connectivity index (χ4n) is 4.69. The molecule has 1 aliphatic carbocycles. The number of methoxy groups -OCH3 is 5. The van der Waals surface area contributed by atoms with Gasteiger partial charge >= 0.3 is 0 Å². The zero-order valence-electron chi connectivity index (χ0n) is 21.8. The fraction of sp³-hybridized carbons (Fsp3) is 0.286. The van der Waals surface area contributed by atoms with Crippen molar-refractivity contribution in [2.45, 2.75) is 18.9 Å². The summed E-state index contributed by atoms with van der Waals surface area (Å²) in [6.07, 6.45) is 1.27. The van der Waals surface area contributed by atoms with E-state index >= 15 is 0 Å². The third-order valence-corrected chi connectivity index (χ3v) is 7.52. The van der Waals surface area contributed by atoms with Crippen molar-refractivity contribution in [1.29, 1.82) is 0 Å². The lowest BCUT2D eigenvalue weighted by Gasteiger charge is -2.22. The molecule has 0 aliphatic heterocycles. The van der Waals surface area contributed by atoms with Gasteiger partial charge in [0.25, 0.3) is 0 Å². The molecule has 38 heavy (non-hydrogen) atoms. The molecular weight excluding hydrogens is 572 g/mol. The van der Waals surface area contributed by atoms with Gasteiger partial charge in [0, 0.05) is 11.3 Å². The topological polar surface area (TPSA) is 87.3 Å². The molecule has 0 heterocycles. The number of anilines is 1. The van der Waals surface area contributed by atoms with Gasteiger partial charge in [0.05, 0.1) is 46.1 Å². The highest BCUT2D eigenvalue weighted by atomic mass is 79.9. The SMILES string of the molecule is COc1ccc(NC(=S)N[C@H]2CCc3c(Br)c(OC)c(OC)c(OC)c3-c3ccc(OC)c(=O)cc32)cc1. The van der Waals surface area contributed by atoms with Crippen LogP contribution in [-0.4, -0.2) is 40.7 Å². The molecule has 0 amide bonds. The second-order valence-electron chi connectivity index (χ2n) is 8.46. The lowest BCUT2D eigenvalue weighted by Crippen LogP contribution is -2.32. The molecule has 1 atom stereocenters. The van der Waals surface area contributed by atoms with Crippen LogP contribution in [0.15, 0.2) is 51.7 Å². The molecular formula is C28H29BrN2O6S. The Kier molecular flexibility index (Phi) is 8.63. The summed E-state index contributed by atoms with van der Waals surface area (Å²) in [7, 11) is 7.83. The van der Waals surface area contributed by atoms with Crippen LogP contribution in [0.4, 0.5) is 5.69 Å².